The van der Waals surface area contributed by atoms with E-state index in [4.69, 9.17) is 0 Å². The first-order chi connectivity index (χ1) is 5.16. The summed E-state index contributed by atoms with van der Waals surface area (Å²) in [6.45, 7) is 8.83. The van der Waals surface area contributed by atoms with E-state index in [9.17, 15) is 4.79 Å². The van der Waals surface area contributed by atoms with Gasteiger partial charge in [0.1, 0.15) is 0 Å². The molecule has 0 heterocycles. The van der Waals surface area contributed by atoms with Crippen LogP contribution in [0.2, 0.25) is 0 Å². The van der Waals surface area contributed by atoms with Gasteiger partial charge in [-0.05, 0) is 6.42 Å². The van der Waals surface area contributed by atoms with Crippen molar-refractivity contribution < 1.29 is 9.53 Å². The van der Waals surface area contributed by atoms with Crippen molar-refractivity contribution in [2.24, 2.45) is 0 Å². The molecule has 0 fully saturated rings. The Labute approximate surface area is 68.2 Å². The number of carbonyl (C=O) groups excluding carboxylic acids is 1. The molecule has 2 heteroatoms. The van der Waals surface area contributed by atoms with Crippen molar-refractivity contribution in [1.82, 2.24) is 0 Å². The van der Waals surface area contributed by atoms with E-state index >= 15 is 0 Å². The van der Waals surface area contributed by atoms with Crippen LogP contribution in [-0.4, -0.2) is 5.97 Å². The van der Waals surface area contributed by atoms with E-state index in [2.05, 4.69) is 25.2 Å². The molecule has 0 aromatic rings. The molecule has 0 bridgehead atoms. The van der Waals surface area contributed by atoms with E-state index in [1.165, 1.54) is 0 Å². The Kier molecular flexibility index (Phi) is 5.35. The average Bonchev–Trinajstić information content (AvgIpc) is 1.86. The fraction of sp³-hybridized carbons (Fsp3) is 0.556. The molecular formula is C9H15O2+. The summed E-state index contributed by atoms with van der Waals surface area (Å²) in [7, 11) is 0. The summed E-state index contributed by atoms with van der Waals surface area (Å²) in [5.41, 5.74) is 0. The van der Waals surface area contributed by atoms with Gasteiger partial charge in [0.25, 0.3) is 5.76 Å². The lowest BCUT2D eigenvalue weighted by Gasteiger charge is -1.97. The van der Waals surface area contributed by atoms with Gasteiger partial charge in [0, 0.05) is 6.42 Å². The van der Waals surface area contributed by atoms with Crippen molar-refractivity contribution in [2.45, 2.75) is 32.6 Å². The molecule has 0 spiro atoms. The number of hydrogen-bond acceptors (Lipinski definition) is 2. The van der Waals surface area contributed by atoms with E-state index in [1.54, 1.807) is 0 Å². The first kappa shape index (κ1) is 10.1. The lowest BCUT2D eigenvalue weighted by molar-refractivity contribution is -0.139. The van der Waals surface area contributed by atoms with Crippen LogP contribution in [0.1, 0.15) is 32.6 Å². The zero-order valence-electron chi connectivity index (χ0n) is 7.06. The average molecular weight is 155 g/mol. The lowest BCUT2D eigenvalue weighted by atomic mass is 10.2. The molecule has 62 valence electrons. The summed E-state index contributed by atoms with van der Waals surface area (Å²) in [6.07, 6.45) is 3.54. The van der Waals surface area contributed by atoms with Crippen LogP contribution in [0, 0.1) is 6.92 Å². The molecule has 0 saturated carbocycles. The van der Waals surface area contributed by atoms with Crippen LogP contribution in [0.4, 0.5) is 0 Å². The van der Waals surface area contributed by atoms with Crippen LogP contribution in [0.5, 0.6) is 0 Å². The van der Waals surface area contributed by atoms with Crippen LogP contribution < -0.4 is 0 Å². The van der Waals surface area contributed by atoms with Gasteiger partial charge in [-0.2, -0.15) is 0 Å². The molecule has 0 aromatic heterocycles. The van der Waals surface area contributed by atoms with Crippen LogP contribution in [0.15, 0.2) is 12.3 Å². The summed E-state index contributed by atoms with van der Waals surface area (Å²) in [6, 6.07) is 0. The summed E-state index contributed by atoms with van der Waals surface area (Å²) < 4.78 is 4.65. The predicted molar refractivity (Wildman–Crippen MR) is 44.7 cm³/mol. The molecular weight excluding hydrogens is 140 g/mol. The van der Waals surface area contributed by atoms with Gasteiger partial charge in [-0.25, -0.2) is 0 Å². The highest BCUT2D eigenvalue weighted by Crippen LogP contribution is 2.02. The number of rotatable bonds is 5. The van der Waals surface area contributed by atoms with Crippen molar-refractivity contribution in [1.29, 1.82) is 0 Å². The zero-order valence-corrected chi connectivity index (χ0v) is 7.06. The molecule has 0 aliphatic heterocycles. The molecule has 0 saturated heterocycles. The minimum Gasteiger partial charge on any atom is -0.390 e. The number of hydrogen-bond donors (Lipinski definition) is 0. The molecule has 0 radical (unpaired) electrons. The van der Waals surface area contributed by atoms with Gasteiger partial charge in [0.15, 0.2) is 0 Å². The Morgan fingerprint density at radius 2 is 2.18 bits per heavy atom. The smallest absolute Gasteiger partial charge is 0.313 e. The van der Waals surface area contributed by atoms with Gasteiger partial charge in [-0.15, -0.1) is 0 Å². The minimum absolute atomic E-state index is 0.224. The monoisotopic (exact) mass is 155 g/mol. The maximum Gasteiger partial charge on any atom is 0.313 e. The van der Waals surface area contributed by atoms with Crippen molar-refractivity contribution in [3.63, 3.8) is 0 Å². The Balaban J connectivity index is 3.30. The van der Waals surface area contributed by atoms with Crippen LogP contribution in [0.25, 0.3) is 0 Å². The van der Waals surface area contributed by atoms with E-state index in [0.29, 0.717) is 6.42 Å². The van der Waals surface area contributed by atoms with Crippen molar-refractivity contribution in [3.8, 4) is 0 Å². The third-order valence-corrected chi connectivity index (χ3v) is 1.24. The Morgan fingerprint density at radius 3 is 2.64 bits per heavy atom. The Bertz CT molecular complexity index is 138. The van der Waals surface area contributed by atoms with Gasteiger partial charge >= 0.3 is 5.97 Å². The first-order valence-electron chi connectivity index (χ1n) is 3.88. The minimum atomic E-state index is -0.224. The highest BCUT2D eigenvalue weighted by Gasteiger charge is 2.04. The first-order valence-corrected chi connectivity index (χ1v) is 3.88. The summed E-state index contributed by atoms with van der Waals surface area (Å²) in [5.74, 6) is 0.00458. The number of allylic oxidation sites excluding steroid dienone is 1. The molecule has 0 N–H and O–H groups in total. The summed E-state index contributed by atoms with van der Waals surface area (Å²) >= 11 is 0. The van der Waals surface area contributed by atoms with Gasteiger partial charge < -0.3 is 4.74 Å². The predicted octanol–water partition coefficient (Wildman–Crippen LogP) is 2.46. The number of unbranched alkanes of at least 4 members (excludes halogenated alkanes) is 2. The second-order valence-electron chi connectivity index (χ2n) is 2.47. The fourth-order valence-corrected chi connectivity index (χ4v) is 0.731. The maximum atomic E-state index is 10.8. The Hall–Kier alpha value is -0.920. The topological polar surface area (TPSA) is 26.3 Å². The van der Waals surface area contributed by atoms with Gasteiger partial charge in [0.05, 0.1) is 13.5 Å². The van der Waals surface area contributed by atoms with E-state index in [0.717, 1.165) is 19.3 Å². The van der Waals surface area contributed by atoms with E-state index in [-0.39, 0.29) is 11.7 Å². The third-order valence-electron chi connectivity index (χ3n) is 1.24. The molecule has 0 atom stereocenters. The quantitative estimate of drug-likeness (QED) is 0.264. The van der Waals surface area contributed by atoms with Crippen LogP contribution in [0.3, 0.4) is 0 Å². The second kappa shape index (κ2) is 5.83. The molecule has 0 aromatic carbocycles. The molecule has 0 rings (SSSR count). The largest absolute Gasteiger partial charge is 0.390 e. The molecule has 2 nitrogen and oxygen atoms in total. The number of esters is 1. The van der Waals surface area contributed by atoms with Crippen molar-refractivity contribution in [2.75, 3.05) is 0 Å². The molecule has 0 amide bonds. The van der Waals surface area contributed by atoms with Gasteiger partial charge in [-0.3, -0.25) is 4.79 Å². The molecule has 11 heavy (non-hydrogen) atoms. The molecule has 0 aliphatic carbocycles. The fourth-order valence-electron chi connectivity index (χ4n) is 0.731. The van der Waals surface area contributed by atoms with E-state index in [1.807, 2.05) is 0 Å². The van der Waals surface area contributed by atoms with E-state index < -0.39 is 0 Å². The van der Waals surface area contributed by atoms with Crippen LogP contribution >= 0.6 is 0 Å². The van der Waals surface area contributed by atoms with Crippen molar-refractivity contribution in [3.05, 3.63) is 19.3 Å². The summed E-state index contributed by atoms with van der Waals surface area (Å²) in [5, 5.41) is 0. The van der Waals surface area contributed by atoms with Crippen LogP contribution in [-0.2, 0) is 9.53 Å². The molecule has 0 aliphatic rings. The summed E-state index contributed by atoms with van der Waals surface area (Å²) in [4.78, 5) is 10.8. The zero-order chi connectivity index (χ0) is 8.69. The highest BCUT2D eigenvalue weighted by atomic mass is 16.5. The Morgan fingerprint density at radius 1 is 1.55 bits per heavy atom. The standard InChI is InChI=1S/C9H15O2/c1-4-5-6-7-9(10)11-8(2)3/h2-7H2,1H3/q+1. The lowest BCUT2D eigenvalue weighted by Crippen LogP contribution is -2.01. The van der Waals surface area contributed by atoms with Gasteiger partial charge in [-0.1, -0.05) is 19.8 Å². The maximum absolute atomic E-state index is 10.8. The molecule has 0 unspecified atom stereocenters. The van der Waals surface area contributed by atoms with Gasteiger partial charge in [0.2, 0.25) is 0 Å². The number of ether oxygens (including phenoxy) is 1. The normalized spacial score (nSPS) is 9.18. The second-order valence-corrected chi connectivity index (χ2v) is 2.47. The number of carbonyl (C=O) groups is 1. The van der Waals surface area contributed by atoms with Crippen molar-refractivity contribution >= 4 is 5.97 Å². The SMILES string of the molecule is C=C([CH2+])OC(=O)CCCCC. The highest BCUT2D eigenvalue weighted by molar-refractivity contribution is 5.70. The third kappa shape index (κ3) is 6.97.